The van der Waals surface area contributed by atoms with E-state index in [-0.39, 0.29) is 17.3 Å². The van der Waals surface area contributed by atoms with E-state index in [1.807, 2.05) is 6.07 Å². The number of carbonyl (C=O) groups excluding carboxylic acids is 1. The molecule has 0 aliphatic carbocycles. The Morgan fingerprint density at radius 2 is 1.94 bits per heavy atom. The summed E-state index contributed by atoms with van der Waals surface area (Å²) >= 11 is 1.41. The molecule has 2 aromatic heterocycles. The van der Waals surface area contributed by atoms with Crippen LogP contribution in [-0.4, -0.2) is 48.2 Å². The third-order valence-corrected chi connectivity index (χ3v) is 6.86. The monoisotopic (exact) mass is 453 g/mol. The highest BCUT2D eigenvalue weighted by Crippen LogP contribution is 2.50. The SMILES string of the molecule is COc1ncnc(OC)c1C(=O)Nc1nc2c(s1)C1(CNC1)Oc1cc(C(C)C)ccc1-2. The first-order chi connectivity index (χ1) is 15.5. The molecular formula is C22H23N5O4S. The van der Waals surface area contributed by atoms with Crippen LogP contribution in [0.15, 0.2) is 24.5 Å². The Labute approximate surface area is 189 Å². The van der Waals surface area contributed by atoms with Gasteiger partial charge in [0.2, 0.25) is 11.8 Å². The van der Waals surface area contributed by atoms with E-state index in [0.717, 1.165) is 21.9 Å². The maximum absolute atomic E-state index is 13.1. The van der Waals surface area contributed by atoms with Crippen molar-refractivity contribution in [1.29, 1.82) is 0 Å². The number of hydrogen-bond donors (Lipinski definition) is 2. The van der Waals surface area contributed by atoms with E-state index < -0.39 is 11.5 Å². The Bertz CT molecular complexity index is 1180. The van der Waals surface area contributed by atoms with Crippen molar-refractivity contribution >= 4 is 22.4 Å². The van der Waals surface area contributed by atoms with Crippen LogP contribution in [0.2, 0.25) is 0 Å². The van der Waals surface area contributed by atoms with E-state index in [0.29, 0.717) is 24.1 Å². The summed E-state index contributed by atoms with van der Waals surface area (Å²) in [5, 5.41) is 6.63. The molecule has 1 fully saturated rings. The summed E-state index contributed by atoms with van der Waals surface area (Å²) in [5.41, 5.74) is 2.62. The van der Waals surface area contributed by atoms with Crippen LogP contribution in [0.25, 0.3) is 11.3 Å². The molecule has 5 rings (SSSR count). The van der Waals surface area contributed by atoms with Crippen LogP contribution in [0.4, 0.5) is 5.13 Å². The lowest BCUT2D eigenvalue weighted by Gasteiger charge is -2.44. The Morgan fingerprint density at radius 1 is 1.22 bits per heavy atom. The first kappa shape index (κ1) is 20.7. The van der Waals surface area contributed by atoms with Gasteiger partial charge in [-0.3, -0.25) is 10.1 Å². The molecular weight excluding hydrogens is 430 g/mol. The van der Waals surface area contributed by atoms with Crippen molar-refractivity contribution in [3.05, 3.63) is 40.5 Å². The van der Waals surface area contributed by atoms with Gasteiger partial charge >= 0.3 is 0 Å². The number of carbonyl (C=O) groups is 1. The standard InChI is InChI=1S/C22H23N5O4S/c1-11(2)12-5-6-13-14(7-12)31-22(8-23-9-22)17-16(13)26-21(32-17)27-18(28)15-19(29-3)24-10-25-20(15)30-4/h5-7,10-11,23H,8-9H2,1-4H3,(H,26,27,28). The van der Waals surface area contributed by atoms with Gasteiger partial charge in [-0.05, 0) is 23.6 Å². The molecule has 9 nitrogen and oxygen atoms in total. The molecule has 1 spiro atoms. The number of nitrogens with one attached hydrogen (secondary N) is 2. The largest absolute Gasteiger partial charge is 0.480 e. The van der Waals surface area contributed by atoms with Gasteiger partial charge in [0, 0.05) is 18.7 Å². The highest BCUT2D eigenvalue weighted by molar-refractivity contribution is 7.16. The van der Waals surface area contributed by atoms with Crippen molar-refractivity contribution in [3.8, 4) is 28.8 Å². The van der Waals surface area contributed by atoms with Crippen molar-refractivity contribution in [3.63, 3.8) is 0 Å². The number of rotatable bonds is 5. The van der Waals surface area contributed by atoms with Gasteiger partial charge in [-0.25, -0.2) is 15.0 Å². The van der Waals surface area contributed by atoms with Crippen molar-refractivity contribution in [2.45, 2.75) is 25.4 Å². The number of methoxy groups -OCH3 is 2. The Balaban J connectivity index is 1.53. The fourth-order valence-electron chi connectivity index (χ4n) is 3.90. The molecule has 0 saturated carbocycles. The first-order valence-corrected chi connectivity index (χ1v) is 11.1. The van der Waals surface area contributed by atoms with Crippen LogP contribution in [0.5, 0.6) is 17.5 Å². The predicted octanol–water partition coefficient (Wildman–Crippen LogP) is 3.18. The molecule has 2 aliphatic rings. The van der Waals surface area contributed by atoms with E-state index in [1.54, 1.807) is 0 Å². The quantitative estimate of drug-likeness (QED) is 0.607. The Morgan fingerprint density at radius 3 is 2.53 bits per heavy atom. The van der Waals surface area contributed by atoms with E-state index in [9.17, 15) is 4.79 Å². The molecule has 1 amide bonds. The number of hydrogen-bond acceptors (Lipinski definition) is 9. The highest BCUT2D eigenvalue weighted by atomic mass is 32.1. The third-order valence-electron chi connectivity index (χ3n) is 5.71. The number of amides is 1. The summed E-state index contributed by atoms with van der Waals surface area (Å²) in [6, 6.07) is 6.24. The number of nitrogens with zero attached hydrogens (tertiary/aromatic N) is 3. The van der Waals surface area contributed by atoms with E-state index in [2.05, 4.69) is 46.6 Å². The molecule has 2 aliphatic heterocycles. The molecule has 2 N–H and O–H groups in total. The Kier molecular flexibility index (Phi) is 4.98. The minimum Gasteiger partial charge on any atom is -0.480 e. The number of ether oxygens (including phenoxy) is 3. The van der Waals surface area contributed by atoms with Crippen LogP contribution in [0, 0.1) is 0 Å². The number of benzene rings is 1. The van der Waals surface area contributed by atoms with Gasteiger partial charge in [0.15, 0.2) is 16.3 Å². The summed E-state index contributed by atoms with van der Waals surface area (Å²) in [7, 11) is 2.88. The maximum atomic E-state index is 13.1. The van der Waals surface area contributed by atoms with Crippen molar-refractivity contribution in [2.24, 2.45) is 0 Å². The van der Waals surface area contributed by atoms with E-state index in [4.69, 9.17) is 19.2 Å². The van der Waals surface area contributed by atoms with Crippen molar-refractivity contribution < 1.29 is 19.0 Å². The normalized spacial score (nSPS) is 15.4. The molecule has 1 aromatic carbocycles. The fourth-order valence-corrected chi connectivity index (χ4v) is 5.00. The molecule has 0 bridgehead atoms. The maximum Gasteiger partial charge on any atom is 0.268 e. The fraction of sp³-hybridized carbons (Fsp3) is 0.364. The molecule has 32 heavy (non-hydrogen) atoms. The second-order valence-electron chi connectivity index (χ2n) is 8.03. The van der Waals surface area contributed by atoms with Gasteiger partial charge in [0.1, 0.15) is 12.1 Å². The smallest absolute Gasteiger partial charge is 0.268 e. The summed E-state index contributed by atoms with van der Waals surface area (Å²) in [4.78, 5) is 26.9. The van der Waals surface area contributed by atoms with Gasteiger partial charge < -0.3 is 19.5 Å². The second kappa shape index (κ2) is 7.72. The van der Waals surface area contributed by atoms with E-state index in [1.165, 1.54) is 37.4 Å². The van der Waals surface area contributed by atoms with Crippen LogP contribution in [0.3, 0.4) is 0 Å². The average molecular weight is 454 g/mol. The summed E-state index contributed by atoms with van der Waals surface area (Å²) < 4.78 is 16.9. The van der Waals surface area contributed by atoms with E-state index >= 15 is 0 Å². The lowest BCUT2D eigenvalue weighted by atomic mass is 9.88. The molecule has 4 heterocycles. The first-order valence-electron chi connectivity index (χ1n) is 10.3. The van der Waals surface area contributed by atoms with Crippen molar-refractivity contribution in [2.75, 3.05) is 32.6 Å². The third kappa shape index (κ3) is 3.18. The van der Waals surface area contributed by atoms with Crippen LogP contribution in [0.1, 0.15) is 40.6 Å². The summed E-state index contributed by atoms with van der Waals surface area (Å²) in [6.07, 6.45) is 1.28. The molecule has 10 heteroatoms. The van der Waals surface area contributed by atoms with Crippen molar-refractivity contribution in [1.82, 2.24) is 20.3 Å². The molecule has 1 saturated heterocycles. The molecule has 0 atom stereocenters. The molecule has 3 aromatic rings. The molecule has 0 radical (unpaired) electrons. The second-order valence-corrected chi connectivity index (χ2v) is 9.03. The van der Waals surface area contributed by atoms with Crippen LogP contribution in [-0.2, 0) is 5.60 Å². The zero-order valence-corrected chi connectivity index (χ0v) is 19.0. The van der Waals surface area contributed by atoms with Gasteiger partial charge in [0.25, 0.3) is 5.91 Å². The number of thiazole rings is 1. The predicted molar refractivity (Wildman–Crippen MR) is 120 cm³/mol. The van der Waals surface area contributed by atoms with Crippen LogP contribution >= 0.6 is 11.3 Å². The summed E-state index contributed by atoms with van der Waals surface area (Å²) in [6.45, 7) is 5.69. The number of aromatic nitrogens is 3. The molecule has 166 valence electrons. The number of anilines is 1. The van der Waals surface area contributed by atoms with Gasteiger partial charge in [-0.15, -0.1) is 0 Å². The summed E-state index contributed by atoms with van der Waals surface area (Å²) in [5.74, 6) is 1.02. The minimum absolute atomic E-state index is 0.115. The zero-order valence-electron chi connectivity index (χ0n) is 18.2. The molecule has 0 unspecified atom stereocenters. The van der Waals surface area contributed by atoms with Gasteiger partial charge in [0.05, 0.1) is 24.8 Å². The minimum atomic E-state index is -0.468. The lowest BCUT2D eigenvalue weighted by Crippen LogP contribution is -2.61. The highest BCUT2D eigenvalue weighted by Gasteiger charge is 2.48. The van der Waals surface area contributed by atoms with Gasteiger partial charge in [-0.2, -0.15) is 0 Å². The number of fused-ring (bicyclic) bond motifs is 4. The zero-order chi connectivity index (χ0) is 22.5. The average Bonchev–Trinajstić information content (AvgIpc) is 3.20. The topological polar surface area (TPSA) is 107 Å². The van der Waals surface area contributed by atoms with Gasteiger partial charge in [-0.1, -0.05) is 31.3 Å². The Hall–Kier alpha value is -3.24. The van der Waals surface area contributed by atoms with Crippen LogP contribution < -0.4 is 24.8 Å². The lowest BCUT2D eigenvalue weighted by molar-refractivity contribution is 0.0131.